The SMILES string of the molecule is CCCOc1ccc(/C=c2/sc3n(c2=O)[C@H](c2ccc(OCC)cc2)C(C(=O)OCC)=C(C)N=3)cc1. The van der Waals surface area contributed by atoms with Crippen LogP contribution in [0.25, 0.3) is 6.08 Å². The fourth-order valence-electron chi connectivity index (χ4n) is 4.05. The fraction of sp³-hybridized carbons (Fsp3) is 0.321. The molecule has 0 saturated heterocycles. The van der Waals surface area contributed by atoms with Crippen LogP contribution < -0.4 is 24.4 Å². The third kappa shape index (κ3) is 5.28. The van der Waals surface area contributed by atoms with E-state index in [4.69, 9.17) is 14.2 Å². The molecule has 7 nitrogen and oxygen atoms in total. The lowest BCUT2D eigenvalue weighted by Gasteiger charge is -2.24. The normalized spacial score (nSPS) is 15.3. The Hall–Kier alpha value is -3.65. The Morgan fingerprint density at radius 2 is 1.67 bits per heavy atom. The quantitative estimate of drug-likeness (QED) is 0.410. The first-order chi connectivity index (χ1) is 17.5. The number of esters is 1. The molecule has 0 saturated carbocycles. The number of ether oxygens (including phenoxy) is 3. The van der Waals surface area contributed by atoms with Crippen LogP contribution in [-0.2, 0) is 9.53 Å². The van der Waals surface area contributed by atoms with E-state index in [9.17, 15) is 9.59 Å². The number of aromatic nitrogens is 1. The van der Waals surface area contributed by atoms with Gasteiger partial charge in [0.25, 0.3) is 5.56 Å². The van der Waals surface area contributed by atoms with Crippen LogP contribution in [0.1, 0.15) is 51.3 Å². The third-order valence-electron chi connectivity index (χ3n) is 5.67. The zero-order valence-corrected chi connectivity index (χ0v) is 21.8. The van der Waals surface area contributed by atoms with E-state index in [1.165, 1.54) is 11.3 Å². The van der Waals surface area contributed by atoms with Crippen LogP contribution in [0.4, 0.5) is 0 Å². The molecule has 0 unspecified atom stereocenters. The summed E-state index contributed by atoms with van der Waals surface area (Å²) in [6.07, 6.45) is 2.78. The Morgan fingerprint density at radius 1 is 1.00 bits per heavy atom. The van der Waals surface area contributed by atoms with Gasteiger partial charge in [0.2, 0.25) is 0 Å². The fourth-order valence-corrected chi connectivity index (χ4v) is 5.10. The highest BCUT2D eigenvalue weighted by Gasteiger charge is 2.33. The lowest BCUT2D eigenvalue weighted by atomic mass is 9.96. The number of carbonyl (C=O) groups is 1. The van der Waals surface area contributed by atoms with Crippen molar-refractivity contribution in [1.29, 1.82) is 0 Å². The first-order valence-corrected chi connectivity index (χ1v) is 12.9. The molecule has 4 rings (SSSR count). The van der Waals surface area contributed by atoms with Gasteiger partial charge in [-0.05, 0) is 68.7 Å². The molecule has 0 spiro atoms. The van der Waals surface area contributed by atoms with Crippen molar-refractivity contribution < 1.29 is 19.0 Å². The first-order valence-electron chi connectivity index (χ1n) is 12.1. The zero-order valence-electron chi connectivity index (χ0n) is 20.9. The van der Waals surface area contributed by atoms with Gasteiger partial charge in [-0.1, -0.05) is 42.5 Å². The number of thiazole rings is 1. The maximum Gasteiger partial charge on any atom is 0.338 e. The van der Waals surface area contributed by atoms with Gasteiger partial charge >= 0.3 is 5.97 Å². The second-order valence-corrected chi connectivity index (χ2v) is 9.23. The highest BCUT2D eigenvalue weighted by molar-refractivity contribution is 7.07. The van der Waals surface area contributed by atoms with Gasteiger partial charge in [-0.2, -0.15) is 0 Å². The van der Waals surface area contributed by atoms with Crippen LogP contribution in [0.3, 0.4) is 0 Å². The lowest BCUT2D eigenvalue weighted by molar-refractivity contribution is -0.139. The standard InChI is InChI=1S/C28H30N2O5S/c1-5-16-35-22-12-8-19(9-13-22)17-23-26(31)30-25(20-10-14-21(15-11-20)33-6-2)24(27(32)34-7-3)18(4)29-28(30)36-23/h8-15,17,25H,5-7,16H2,1-4H3/b23-17+/t25-/m1/s1. The Morgan fingerprint density at radius 3 is 2.31 bits per heavy atom. The van der Waals surface area contributed by atoms with Gasteiger partial charge in [0.05, 0.1) is 41.7 Å². The number of carbonyl (C=O) groups excluding carboxylic acids is 1. The average Bonchev–Trinajstić information content (AvgIpc) is 3.17. The highest BCUT2D eigenvalue weighted by Crippen LogP contribution is 2.31. The van der Waals surface area contributed by atoms with Crippen molar-refractivity contribution in [3.8, 4) is 11.5 Å². The monoisotopic (exact) mass is 506 g/mol. The van der Waals surface area contributed by atoms with Crippen molar-refractivity contribution in [2.45, 2.75) is 40.2 Å². The zero-order chi connectivity index (χ0) is 25.7. The summed E-state index contributed by atoms with van der Waals surface area (Å²) < 4.78 is 18.7. The van der Waals surface area contributed by atoms with E-state index in [2.05, 4.69) is 11.9 Å². The number of fused-ring (bicyclic) bond motifs is 1. The minimum Gasteiger partial charge on any atom is -0.494 e. The molecule has 188 valence electrons. The number of hydrogen-bond donors (Lipinski definition) is 0. The first kappa shape index (κ1) is 25.4. The maximum absolute atomic E-state index is 13.7. The smallest absolute Gasteiger partial charge is 0.338 e. The molecule has 2 aromatic carbocycles. The van der Waals surface area contributed by atoms with Crippen molar-refractivity contribution >= 4 is 23.4 Å². The second kappa shape index (κ2) is 11.4. The molecule has 0 bridgehead atoms. The molecule has 3 aromatic rings. The van der Waals surface area contributed by atoms with Gasteiger partial charge in [-0.25, -0.2) is 9.79 Å². The number of rotatable bonds is 9. The second-order valence-electron chi connectivity index (χ2n) is 8.22. The lowest BCUT2D eigenvalue weighted by Crippen LogP contribution is -2.39. The van der Waals surface area contributed by atoms with E-state index in [0.29, 0.717) is 33.8 Å². The van der Waals surface area contributed by atoms with Crippen molar-refractivity contribution in [3.63, 3.8) is 0 Å². The molecule has 1 aliphatic heterocycles. The summed E-state index contributed by atoms with van der Waals surface area (Å²) in [5.41, 5.74) is 2.34. The summed E-state index contributed by atoms with van der Waals surface area (Å²) in [5, 5.41) is 0. The van der Waals surface area contributed by atoms with E-state index in [-0.39, 0.29) is 12.2 Å². The van der Waals surface area contributed by atoms with Crippen LogP contribution in [-0.4, -0.2) is 30.4 Å². The summed E-state index contributed by atoms with van der Waals surface area (Å²) in [6.45, 7) is 8.95. The van der Waals surface area contributed by atoms with Crippen LogP contribution in [0, 0.1) is 0 Å². The van der Waals surface area contributed by atoms with Crippen LogP contribution in [0.15, 0.2) is 69.6 Å². The summed E-state index contributed by atoms with van der Waals surface area (Å²) >= 11 is 1.30. The Kier molecular flexibility index (Phi) is 8.05. The van der Waals surface area contributed by atoms with Gasteiger partial charge in [-0.3, -0.25) is 9.36 Å². The Bertz CT molecular complexity index is 1430. The molecule has 0 fully saturated rings. The molecule has 0 aliphatic carbocycles. The molecule has 0 amide bonds. The summed E-state index contributed by atoms with van der Waals surface area (Å²) in [5.74, 6) is 1.04. The topological polar surface area (TPSA) is 79.1 Å². The molecule has 8 heteroatoms. The van der Waals surface area contributed by atoms with Gasteiger partial charge in [0.15, 0.2) is 4.80 Å². The van der Waals surface area contributed by atoms with E-state index in [1.807, 2.05) is 61.5 Å². The van der Waals surface area contributed by atoms with E-state index in [1.54, 1.807) is 18.4 Å². The van der Waals surface area contributed by atoms with Crippen molar-refractivity contribution in [3.05, 3.63) is 90.6 Å². The van der Waals surface area contributed by atoms with Crippen LogP contribution in [0.5, 0.6) is 11.5 Å². The van der Waals surface area contributed by atoms with Crippen molar-refractivity contribution in [2.75, 3.05) is 19.8 Å². The minimum atomic E-state index is -0.650. The highest BCUT2D eigenvalue weighted by atomic mass is 32.1. The van der Waals surface area contributed by atoms with E-state index < -0.39 is 12.0 Å². The molecule has 2 heterocycles. The molecular weight excluding hydrogens is 476 g/mol. The number of benzene rings is 2. The summed E-state index contributed by atoms with van der Waals surface area (Å²) in [6, 6.07) is 14.4. The van der Waals surface area contributed by atoms with Crippen molar-refractivity contribution in [2.24, 2.45) is 4.99 Å². The largest absolute Gasteiger partial charge is 0.494 e. The van der Waals surface area contributed by atoms with E-state index >= 15 is 0 Å². The number of hydrogen-bond acceptors (Lipinski definition) is 7. The minimum absolute atomic E-state index is 0.210. The van der Waals surface area contributed by atoms with E-state index in [0.717, 1.165) is 29.0 Å². The summed E-state index contributed by atoms with van der Waals surface area (Å²) in [7, 11) is 0. The van der Waals surface area contributed by atoms with Gasteiger partial charge in [0, 0.05) is 0 Å². The van der Waals surface area contributed by atoms with Crippen molar-refractivity contribution in [1.82, 2.24) is 4.57 Å². The number of allylic oxidation sites excluding steroid dienone is 1. The Balaban J connectivity index is 1.82. The molecule has 36 heavy (non-hydrogen) atoms. The summed E-state index contributed by atoms with van der Waals surface area (Å²) in [4.78, 5) is 31.8. The van der Waals surface area contributed by atoms with Crippen LogP contribution in [0.2, 0.25) is 0 Å². The Labute approximate surface area is 214 Å². The maximum atomic E-state index is 13.7. The van der Waals surface area contributed by atoms with Gasteiger partial charge in [-0.15, -0.1) is 0 Å². The predicted octanol–water partition coefficient (Wildman–Crippen LogP) is 3.99. The molecule has 1 aliphatic rings. The number of nitrogens with zero attached hydrogens (tertiary/aromatic N) is 2. The third-order valence-corrected chi connectivity index (χ3v) is 6.66. The van der Waals surface area contributed by atoms with Gasteiger partial charge < -0.3 is 14.2 Å². The van der Waals surface area contributed by atoms with Crippen LogP contribution >= 0.6 is 11.3 Å². The molecule has 1 atom stereocenters. The molecular formula is C28H30N2O5S. The predicted molar refractivity (Wildman–Crippen MR) is 140 cm³/mol. The molecule has 1 aromatic heterocycles. The molecule has 0 N–H and O–H groups in total. The average molecular weight is 507 g/mol. The van der Waals surface area contributed by atoms with Gasteiger partial charge in [0.1, 0.15) is 11.5 Å². The molecule has 0 radical (unpaired) electrons.